The van der Waals surface area contributed by atoms with Gasteiger partial charge in [0.2, 0.25) is 0 Å². The van der Waals surface area contributed by atoms with Crippen molar-refractivity contribution in [2.45, 2.75) is 13.1 Å². The molecular weight excluding hydrogens is 274 g/mol. The van der Waals surface area contributed by atoms with E-state index in [1.54, 1.807) is 11.2 Å². The minimum atomic E-state index is 0.0105. The molecule has 1 amide bonds. The Kier molecular flexibility index (Phi) is 3.50. The Hall–Kier alpha value is -2.17. The molecule has 2 aromatic rings. The Morgan fingerprint density at radius 3 is 3.25 bits per heavy atom. The summed E-state index contributed by atoms with van der Waals surface area (Å²) >= 11 is 1.46. The number of nitrogens with two attached hydrogens (primary N) is 1. The van der Waals surface area contributed by atoms with Gasteiger partial charge in [0.15, 0.2) is 5.82 Å². The predicted molar refractivity (Wildman–Crippen MR) is 75.0 cm³/mol. The molecule has 0 unspecified atom stereocenters. The Labute approximate surface area is 120 Å². The molecule has 20 heavy (non-hydrogen) atoms. The Morgan fingerprint density at radius 2 is 2.40 bits per heavy atom. The van der Waals surface area contributed by atoms with Crippen LogP contribution in [0.5, 0.6) is 0 Å². The van der Waals surface area contributed by atoms with Gasteiger partial charge in [0.1, 0.15) is 6.33 Å². The van der Waals surface area contributed by atoms with E-state index < -0.39 is 0 Å². The van der Waals surface area contributed by atoms with E-state index in [9.17, 15) is 4.79 Å². The molecule has 0 fully saturated rings. The predicted octanol–water partition coefficient (Wildman–Crippen LogP) is 0.306. The first kappa shape index (κ1) is 12.8. The Balaban J connectivity index is 1.75. The number of nitrogens with zero attached hydrogens (tertiary/aromatic N) is 4. The van der Waals surface area contributed by atoms with Crippen LogP contribution in [-0.2, 0) is 13.1 Å². The summed E-state index contributed by atoms with van der Waals surface area (Å²) in [6.45, 7) is 2.23. The van der Waals surface area contributed by atoms with Gasteiger partial charge in [-0.1, -0.05) is 11.8 Å². The van der Waals surface area contributed by atoms with E-state index in [2.05, 4.69) is 22.0 Å². The topological polar surface area (TPSA) is 77.0 Å². The third-order valence-electron chi connectivity index (χ3n) is 3.09. The second kappa shape index (κ2) is 5.45. The second-order valence-electron chi connectivity index (χ2n) is 4.37. The van der Waals surface area contributed by atoms with Gasteiger partial charge in [-0.3, -0.25) is 4.79 Å². The van der Waals surface area contributed by atoms with Gasteiger partial charge >= 0.3 is 0 Å². The summed E-state index contributed by atoms with van der Waals surface area (Å²) in [5, 5.41) is 9.70. The number of hydrogen-bond acceptors (Lipinski definition) is 5. The molecule has 3 rings (SSSR count). The number of amides is 1. The van der Waals surface area contributed by atoms with Crippen molar-refractivity contribution < 1.29 is 4.79 Å². The molecule has 7 heteroatoms. The van der Waals surface area contributed by atoms with Crippen LogP contribution in [0.1, 0.15) is 21.1 Å². The molecule has 0 saturated heterocycles. The van der Waals surface area contributed by atoms with E-state index in [1.807, 2.05) is 16.0 Å². The molecule has 0 bridgehead atoms. The number of hydrogen-bond donors (Lipinski definition) is 1. The number of carbonyl (C=O) groups excluding carboxylic acids is 1. The van der Waals surface area contributed by atoms with Crippen LogP contribution in [0.2, 0.25) is 0 Å². The fraction of sp³-hybridized carbons (Fsp3) is 0.308. The first-order chi connectivity index (χ1) is 9.78. The number of thiophene rings is 1. The molecule has 1 aliphatic rings. The van der Waals surface area contributed by atoms with Crippen molar-refractivity contribution in [3.8, 4) is 11.8 Å². The van der Waals surface area contributed by atoms with Crippen LogP contribution in [0.15, 0.2) is 17.8 Å². The zero-order valence-corrected chi connectivity index (χ0v) is 11.6. The molecule has 0 spiro atoms. The quantitative estimate of drug-likeness (QED) is 0.766. The molecule has 3 heterocycles. The van der Waals surface area contributed by atoms with Crippen LogP contribution < -0.4 is 5.73 Å². The molecule has 2 N–H and O–H groups in total. The van der Waals surface area contributed by atoms with Crippen molar-refractivity contribution in [2.75, 3.05) is 13.1 Å². The third-order valence-corrected chi connectivity index (χ3v) is 3.93. The zero-order valence-electron chi connectivity index (χ0n) is 10.7. The van der Waals surface area contributed by atoms with Gasteiger partial charge in [0.05, 0.1) is 23.5 Å². The smallest absolute Gasteiger partial charge is 0.255 e. The minimum Gasteiger partial charge on any atom is -0.329 e. The normalized spacial score (nSPS) is 13.6. The average molecular weight is 287 g/mol. The molecule has 0 radical (unpaired) electrons. The van der Waals surface area contributed by atoms with E-state index >= 15 is 0 Å². The van der Waals surface area contributed by atoms with Gasteiger partial charge in [-0.15, -0.1) is 21.5 Å². The molecule has 0 saturated carbocycles. The monoisotopic (exact) mass is 287 g/mol. The maximum Gasteiger partial charge on any atom is 0.255 e. The summed E-state index contributed by atoms with van der Waals surface area (Å²) in [7, 11) is 0. The highest BCUT2D eigenvalue weighted by Gasteiger charge is 2.23. The second-order valence-corrected chi connectivity index (χ2v) is 5.28. The summed E-state index contributed by atoms with van der Waals surface area (Å²) in [5.41, 5.74) is 6.01. The number of rotatable bonds is 1. The molecule has 1 aliphatic heterocycles. The van der Waals surface area contributed by atoms with Gasteiger partial charge in [-0.2, -0.15) is 0 Å². The van der Waals surface area contributed by atoms with Crippen molar-refractivity contribution in [3.63, 3.8) is 0 Å². The minimum absolute atomic E-state index is 0.0105. The van der Waals surface area contributed by atoms with E-state index in [-0.39, 0.29) is 5.91 Å². The summed E-state index contributed by atoms with van der Waals surface area (Å²) in [6, 6.07) is 1.81. The number of carbonyl (C=O) groups is 1. The highest BCUT2D eigenvalue weighted by Crippen LogP contribution is 2.18. The summed E-state index contributed by atoms with van der Waals surface area (Å²) in [5.74, 6) is 6.56. The van der Waals surface area contributed by atoms with E-state index in [0.717, 1.165) is 17.2 Å². The van der Waals surface area contributed by atoms with Crippen molar-refractivity contribution in [1.29, 1.82) is 0 Å². The molecule has 0 aliphatic carbocycles. The van der Waals surface area contributed by atoms with Crippen LogP contribution in [-0.4, -0.2) is 38.7 Å². The fourth-order valence-corrected chi connectivity index (χ4v) is 2.82. The van der Waals surface area contributed by atoms with Crippen molar-refractivity contribution in [2.24, 2.45) is 5.73 Å². The standard InChI is InChI=1S/C13H13N5OS/c14-3-1-2-11-6-10(8-20-11)13(19)17-4-5-18-9-15-16-12(18)7-17/h6,8-9H,3-5,7,14H2. The molecule has 0 atom stereocenters. The maximum absolute atomic E-state index is 12.4. The Bertz CT molecular complexity index is 693. The van der Waals surface area contributed by atoms with Crippen molar-refractivity contribution in [1.82, 2.24) is 19.7 Å². The lowest BCUT2D eigenvalue weighted by Gasteiger charge is -2.26. The molecular formula is C13H13N5OS. The maximum atomic E-state index is 12.4. The highest BCUT2D eigenvalue weighted by molar-refractivity contribution is 7.10. The molecule has 6 nitrogen and oxygen atoms in total. The Morgan fingerprint density at radius 1 is 1.50 bits per heavy atom. The van der Waals surface area contributed by atoms with Crippen LogP contribution in [0.3, 0.4) is 0 Å². The van der Waals surface area contributed by atoms with E-state index in [1.165, 1.54) is 11.3 Å². The van der Waals surface area contributed by atoms with Crippen LogP contribution in [0.25, 0.3) is 0 Å². The van der Waals surface area contributed by atoms with Crippen LogP contribution in [0, 0.1) is 11.8 Å². The number of aromatic nitrogens is 3. The molecule has 102 valence electrons. The lowest BCUT2D eigenvalue weighted by atomic mass is 10.2. The van der Waals surface area contributed by atoms with Gasteiger partial charge in [-0.25, -0.2) is 0 Å². The van der Waals surface area contributed by atoms with Crippen molar-refractivity contribution >= 4 is 17.2 Å². The van der Waals surface area contributed by atoms with Gasteiger partial charge < -0.3 is 15.2 Å². The zero-order chi connectivity index (χ0) is 13.9. The van der Waals surface area contributed by atoms with Gasteiger partial charge in [0.25, 0.3) is 5.91 Å². The lowest BCUT2D eigenvalue weighted by Crippen LogP contribution is -2.38. The average Bonchev–Trinajstić information content (AvgIpc) is 3.12. The lowest BCUT2D eigenvalue weighted by molar-refractivity contribution is 0.0708. The summed E-state index contributed by atoms with van der Waals surface area (Å²) in [6.07, 6.45) is 1.70. The fourth-order valence-electron chi connectivity index (χ4n) is 2.07. The summed E-state index contributed by atoms with van der Waals surface area (Å²) < 4.78 is 1.97. The first-order valence-corrected chi connectivity index (χ1v) is 7.09. The highest BCUT2D eigenvalue weighted by atomic mass is 32.1. The first-order valence-electron chi connectivity index (χ1n) is 6.21. The SMILES string of the molecule is NCC#Cc1cc(C(=O)N2CCn3cnnc3C2)cs1. The largest absolute Gasteiger partial charge is 0.329 e. The summed E-state index contributed by atoms with van der Waals surface area (Å²) in [4.78, 5) is 15.1. The molecule has 0 aromatic carbocycles. The van der Waals surface area contributed by atoms with Gasteiger partial charge in [-0.05, 0) is 6.07 Å². The van der Waals surface area contributed by atoms with Crippen molar-refractivity contribution in [3.05, 3.63) is 34.0 Å². The van der Waals surface area contributed by atoms with E-state index in [0.29, 0.717) is 25.2 Å². The third kappa shape index (κ3) is 2.43. The molecule has 2 aromatic heterocycles. The van der Waals surface area contributed by atoms with Gasteiger partial charge in [0, 0.05) is 18.5 Å². The number of fused-ring (bicyclic) bond motifs is 1. The van der Waals surface area contributed by atoms with Crippen LogP contribution in [0.4, 0.5) is 0 Å². The van der Waals surface area contributed by atoms with E-state index in [4.69, 9.17) is 5.73 Å². The van der Waals surface area contributed by atoms with Crippen LogP contribution >= 0.6 is 11.3 Å².